The maximum Gasteiger partial charge on any atom is 0.318 e. The van der Waals surface area contributed by atoms with E-state index in [9.17, 15) is 15.0 Å². The number of phenols is 1. The van der Waals surface area contributed by atoms with Crippen LogP contribution < -0.4 is 9.64 Å². The molecule has 1 amide bonds. The molecule has 3 aliphatic rings. The molecular formula is C32H37N5O4. The number of β-amino-alcohol motifs (C(OH)–C–C–N with tert-alkyl or cyclic N) is 1. The number of nitrogens with zero attached hydrogens (tertiary/aromatic N) is 5. The minimum atomic E-state index is -0.832. The van der Waals surface area contributed by atoms with Gasteiger partial charge >= 0.3 is 6.01 Å². The zero-order valence-electron chi connectivity index (χ0n) is 24.0. The van der Waals surface area contributed by atoms with Gasteiger partial charge < -0.3 is 29.6 Å². The molecule has 214 valence electrons. The third kappa shape index (κ3) is 5.42. The monoisotopic (exact) mass is 555 g/mol. The Kier molecular flexibility index (Phi) is 6.79. The van der Waals surface area contributed by atoms with Crippen molar-refractivity contribution in [1.82, 2.24) is 19.8 Å². The van der Waals surface area contributed by atoms with Gasteiger partial charge in [0.05, 0.1) is 36.6 Å². The van der Waals surface area contributed by atoms with Crippen LogP contribution in [0, 0.1) is 17.8 Å². The van der Waals surface area contributed by atoms with Gasteiger partial charge in [-0.2, -0.15) is 9.97 Å². The Hall–Kier alpha value is -3.87. The van der Waals surface area contributed by atoms with Gasteiger partial charge in [0.1, 0.15) is 11.6 Å². The maximum atomic E-state index is 14.0. The van der Waals surface area contributed by atoms with E-state index in [0.29, 0.717) is 53.4 Å². The summed E-state index contributed by atoms with van der Waals surface area (Å²) in [5.41, 5.74) is 1.84. The van der Waals surface area contributed by atoms with Crippen molar-refractivity contribution >= 4 is 22.5 Å². The summed E-state index contributed by atoms with van der Waals surface area (Å²) < 4.78 is 6.23. The molecule has 0 unspecified atom stereocenters. The second-order valence-electron chi connectivity index (χ2n) is 12.5. The quantitative estimate of drug-likeness (QED) is 0.427. The molecule has 0 radical (unpaired) electrons. The van der Waals surface area contributed by atoms with E-state index in [0.717, 1.165) is 50.0 Å². The lowest BCUT2D eigenvalue weighted by Gasteiger charge is -2.38. The van der Waals surface area contributed by atoms with Crippen LogP contribution in [-0.4, -0.2) is 81.8 Å². The molecule has 2 N–H and O–H groups in total. The van der Waals surface area contributed by atoms with Gasteiger partial charge in [0.2, 0.25) is 0 Å². The summed E-state index contributed by atoms with van der Waals surface area (Å²) in [5.74, 6) is 3.15. The largest absolute Gasteiger partial charge is 0.508 e. The Labute approximate surface area is 240 Å². The Morgan fingerprint density at radius 3 is 2.71 bits per heavy atom. The summed E-state index contributed by atoms with van der Waals surface area (Å²) in [7, 11) is 4.14. The van der Waals surface area contributed by atoms with Crippen LogP contribution in [0.1, 0.15) is 59.8 Å². The molecule has 1 aromatic heterocycles. The van der Waals surface area contributed by atoms with Crippen LogP contribution in [0.4, 0.5) is 5.82 Å². The Bertz CT molecular complexity index is 1560. The van der Waals surface area contributed by atoms with Crippen molar-refractivity contribution in [2.45, 2.75) is 51.3 Å². The van der Waals surface area contributed by atoms with Crippen LogP contribution in [0.15, 0.2) is 30.3 Å². The molecule has 2 aliphatic heterocycles. The number of aromatic hydroxyl groups is 1. The van der Waals surface area contributed by atoms with E-state index in [1.165, 1.54) is 6.07 Å². The molecular weight excluding hydrogens is 518 g/mol. The lowest BCUT2D eigenvalue weighted by molar-refractivity contribution is 0.0445. The first kappa shape index (κ1) is 27.3. The van der Waals surface area contributed by atoms with Crippen molar-refractivity contribution in [1.29, 1.82) is 0 Å². The molecule has 41 heavy (non-hydrogen) atoms. The second kappa shape index (κ2) is 10.2. The highest BCUT2D eigenvalue weighted by Crippen LogP contribution is 2.46. The summed E-state index contributed by atoms with van der Waals surface area (Å²) in [6, 6.07) is 8.86. The fourth-order valence-electron chi connectivity index (χ4n) is 6.37. The average Bonchev–Trinajstić information content (AvgIpc) is 3.54. The number of carbonyl (C=O) groups excluding carboxylic acids is 1. The first-order valence-electron chi connectivity index (χ1n) is 14.2. The van der Waals surface area contributed by atoms with Gasteiger partial charge in [-0.3, -0.25) is 4.79 Å². The topological polar surface area (TPSA) is 102 Å². The summed E-state index contributed by atoms with van der Waals surface area (Å²) in [6.45, 7) is 5.11. The Morgan fingerprint density at radius 2 is 2.00 bits per heavy atom. The van der Waals surface area contributed by atoms with Crippen LogP contribution in [0.25, 0.3) is 10.8 Å². The minimum Gasteiger partial charge on any atom is -0.508 e. The minimum absolute atomic E-state index is 0.00479. The normalized spacial score (nSPS) is 21.2. The number of hydrogen-bond acceptors (Lipinski definition) is 8. The lowest BCUT2D eigenvalue weighted by Crippen LogP contribution is -2.47. The first-order chi connectivity index (χ1) is 19.6. The van der Waals surface area contributed by atoms with E-state index >= 15 is 0 Å². The predicted octanol–water partition coefficient (Wildman–Crippen LogP) is 3.54. The number of benzene rings is 2. The van der Waals surface area contributed by atoms with Gasteiger partial charge in [-0.05, 0) is 70.3 Å². The van der Waals surface area contributed by atoms with Crippen molar-refractivity contribution in [3.63, 3.8) is 0 Å². The highest BCUT2D eigenvalue weighted by Gasteiger charge is 2.44. The molecule has 0 bridgehead atoms. The predicted molar refractivity (Wildman–Crippen MR) is 157 cm³/mol. The summed E-state index contributed by atoms with van der Waals surface area (Å²) >= 11 is 0. The highest BCUT2D eigenvalue weighted by atomic mass is 16.5. The van der Waals surface area contributed by atoms with Crippen molar-refractivity contribution < 1.29 is 19.7 Å². The highest BCUT2D eigenvalue weighted by molar-refractivity contribution is 6.09. The van der Waals surface area contributed by atoms with Crippen molar-refractivity contribution in [3.05, 3.63) is 52.7 Å². The number of hydrogen-bond donors (Lipinski definition) is 2. The molecule has 2 aromatic carbocycles. The van der Waals surface area contributed by atoms with Crippen LogP contribution in [-0.2, 0) is 13.1 Å². The summed E-state index contributed by atoms with van der Waals surface area (Å²) in [6.07, 6.45) is 9.55. The fraction of sp³-hybridized carbons (Fsp3) is 0.469. The van der Waals surface area contributed by atoms with Gasteiger partial charge in [-0.1, -0.05) is 18.1 Å². The number of amides is 1. The smallest absolute Gasteiger partial charge is 0.318 e. The van der Waals surface area contributed by atoms with E-state index < -0.39 is 5.60 Å². The number of ether oxygens (including phenoxy) is 1. The number of aliphatic hydroxyl groups is 1. The number of carbonyl (C=O) groups is 1. The maximum absolute atomic E-state index is 14.0. The van der Waals surface area contributed by atoms with Crippen molar-refractivity contribution in [2.75, 3.05) is 45.2 Å². The zero-order chi connectivity index (χ0) is 28.9. The summed E-state index contributed by atoms with van der Waals surface area (Å²) in [4.78, 5) is 29.6. The number of aromatic nitrogens is 2. The average molecular weight is 556 g/mol. The number of rotatable bonds is 7. The van der Waals surface area contributed by atoms with E-state index in [2.05, 4.69) is 29.8 Å². The second-order valence-corrected chi connectivity index (χ2v) is 12.5. The molecule has 3 heterocycles. The molecule has 6 rings (SSSR count). The zero-order valence-corrected chi connectivity index (χ0v) is 24.0. The van der Waals surface area contributed by atoms with Gasteiger partial charge in [0.25, 0.3) is 5.91 Å². The van der Waals surface area contributed by atoms with Crippen LogP contribution >= 0.6 is 0 Å². The lowest BCUT2D eigenvalue weighted by atomic mass is 9.95. The SMILES string of the molecule is C#Cc1cccc2cc(O)cc(C(=O)N3Cc4nc(OCC5(CN(C)C)CC5)nc(N5CCC[C@@](C)(O)C5)c4C3)c12. The molecule has 1 atom stereocenters. The molecule has 9 heteroatoms. The Morgan fingerprint density at radius 1 is 1.20 bits per heavy atom. The van der Waals surface area contributed by atoms with Crippen molar-refractivity contribution in [2.24, 2.45) is 5.41 Å². The van der Waals surface area contributed by atoms with Gasteiger partial charge in [-0.15, -0.1) is 6.42 Å². The number of anilines is 1. The Balaban J connectivity index is 1.34. The van der Waals surface area contributed by atoms with Gasteiger partial charge in [0, 0.05) is 41.6 Å². The number of fused-ring (bicyclic) bond motifs is 2. The van der Waals surface area contributed by atoms with E-state index in [1.807, 2.05) is 19.1 Å². The fourth-order valence-corrected chi connectivity index (χ4v) is 6.37. The summed E-state index contributed by atoms with van der Waals surface area (Å²) in [5, 5.41) is 22.6. The number of terminal acetylenes is 1. The standard InChI is InChI=1S/C32H37N5O4/c1-5-21-8-6-9-22-14-23(38)15-24(27(21)22)29(39)37-16-25-26(17-37)33-30(41-20-32(11-12-32)19-35(3)4)34-28(25)36-13-7-10-31(2,40)18-36/h1,6,8-9,14-15,38,40H,7,10-13,16-20H2,2-4H3/t31-/m1/s1. The number of phenolic OH excluding ortho intramolecular Hbond substituents is 1. The molecule has 1 aliphatic carbocycles. The molecule has 3 aromatic rings. The third-order valence-electron chi connectivity index (χ3n) is 8.47. The van der Waals surface area contributed by atoms with E-state index in [4.69, 9.17) is 21.1 Å². The molecule has 1 saturated heterocycles. The first-order valence-corrected chi connectivity index (χ1v) is 14.2. The van der Waals surface area contributed by atoms with Crippen molar-refractivity contribution in [3.8, 4) is 24.1 Å². The van der Waals surface area contributed by atoms with E-state index in [1.54, 1.807) is 17.0 Å². The van der Waals surface area contributed by atoms with Gasteiger partial charge in [0.15, 0.2) is 0 Å². The molecule has 0 spiro atoms. The van der Waals surface area contributed by atoms with Gasteiger partial charge in [-0.25, -0.2) is 0 Å². The number of piperidine rings is 1. The van der Waals surface area contributed by atoms with Crippen LogP contribution in [0.2, 0.25) is 0 Å². The van der Waals surface area contributed by atoms with Crippen LogP contribution in [0.5, 0.6) is 11.8 Å². The molecule has 9 nitrogen and oxygen atoms in total. The molecule has 1 saturated carbocycles. The third-order valence-corrected chi connectivity index (χ3v) is 8.47. The van der Waals surface area contributed by atoms with Crippen LogP contribution in [0.3, 0.4) is 0 Å². The molecule has 2 fully saturated rings. The van der Waals surface area contributed by atoms with E-state index in [-0.39, 0.29) is 23.6 Å².